The highest BCUT2D eigenvalue weighted by molar-refractivity contribution is 5.94. The second kappa shape index (κ2) is 7.18. The molecule has 2 aromatic rings. The van der Waals surface area contributed by atoms with E-state index in [0.29, 0.717) is 5.69 Å². The van der Waals surface area contributed by atoms with Crippen molar-refractivity contribution >= 4 is 23.3 Å². The van der Waals surface area contributed by atoms with E-state index in [9.17, 15) is 24.5 Å². The molecule has 0 aliphatic heterocycles. The van der Waals surface area contributed by atoms with Crippen LogP contribution in [-0.4, -0.2) is 28.5 Å². The van der Waals surface area contributed by atoms with Gasteiger partial charge in [-0.25, -0.2) is 4.79 Å². The van der Waals surface area contributed by atoms with Gasteiger partial charge in [0, 0.05) is 17.8 Å². The first-order valence-electron chi connectivity index (χ1n) is 6.74. The fraction of sp³-hybridized carbons (Fsp3) is 0.133. The van der Waals surface area contributed by atoms with Gasteiger partial charge in [0.05, 0.1) is 23.8 Å². The van der Waals surface area contributed by atoms with Gasteiger partial charge < -0.3 is 10.1 Å². The molecule has 0 saturated carbocycles. The lowest BCUT2D eigenvalue weighted by molar-refractivity contribution is -0.385. The number of esters is 1. The molecule has 1 aromatic heterocycles. The first kappa shape index (κ1) is 16.9. The summed E-state index contributed by atoms with van der Waals surface area (Å²) in [6.07, 6.45) is 0.993. The van der Waals surface area contributed by atoms with Crippen LogP contribution in [0.1, 0.15) is 10.4 Å². The zero-order valence-electron chi connectivity index (χ0n) is 12.6. The fourth-order valence-electron chi connectivity index (χ4n) is 1.95. The molecule has 0 aliphatic carbocycles. The predicted octanol–water partition coefficient (Wildman–Crippen LogP) is 1.18. The highest BCUT2D eigenvalue weighted by atomic mass is 16.6. The van der Waals surface area contributed by atoms with Crippen molar-refractivity contribution < 1.29 is 19.2 Å². The zero-order chi connectivity index (χ0) is 17.7. The van der Waals surface area contributed by atoms with Crippen LogP contribution in [0, 0.1) is 10.1 Å². The van der Waals surface area contributed by atoms with E-state index in [1.54, 1.807) is 12.1 Å². The number of hydrogen-bond donors (Lipinski definition) is 1. The maximum Gasteiger partial charge on any atom is 0.337 e. The Morgan fingerprint density at radius 3 is 2.71 bits per heavy atom. The summed E-state index contributed by atoms with van der Waals surface area (Å²) in [5, 5.41) is 13.2. The number of nitrogens with zero attached hydrogens (tertiary/aromatic N) is 2. The summed E-state index contributed by atoms with van der Waals surface area (Å²) in [5.41, 5.74) is -0.252. The maximum atomic E-state index is 12.0. The molecule has 9 heteroatoms. The Kier molecular flexibility index (Phi) is 5.05. The van der Waals surface area contributed by atoms with Crippen LogP contribution in [0.15, 0.2) is 47.4 Å². The maximum absolute atomic E-state index is 12.0. The number of hydrogen-bond acceptors (Lipinski definition) is 6. The summed E-state index contributed by atoms with van der Waals surface area (Å²) in [5.74, 6) is -1.12. The van der Waals surface area contributed by atoms with Crippen molar-refractivity contribution in [3.63, 3.8) is 0 Å². The average molecular weight is 331 g/mol. The van der Waals surface area contributed by atoms with E-state index < -0.39 is 28.9 Å². The molecule has 0 atom stereocenters. The Labute approximate surface area is 135 Å². The van der Waals surface area contributed by atoms with Crippen molar-refractivity contribution in [2.75, 3.05) is 12.4 Å². The monoisotopic (exact) mass is 331 g/mol. The molecule has 0 spiro atoms. The summed E-state index contributed by atoms with van der Waals surface area (Å²) in [7, 11) is 1.24. The van der Waals surface area contributed by atoms with Crippen molar-refractivity contribution in [1.29, 1.82) is 0 Å². The average Bonchev–Trinajstić information content (AvgIpc) is 2.56. The van der Waals surface area contributed by atoms with Gasteiger partial charge in [0.2, 0.25) is 5.91 Å². The van der Waals surface area contributed by atoms with E-state index in [4.69, 9.17) is 0 Å². The molecule has 0 fully saturated rings. The Morgan fingerprint density at radius 2 is 2.04 bits per heavy atom. The minimum Gasteiger partial charge on any atom is -0.465 e. The summed E-state index contributed by atoms with van der Waals surface area (Å²) in [4.78, 5) is 45.2. The molecule has 1 heterocycles. The molecule has 1 aromatic carbocycles. The number of anilines is 1. The highest BCUT2D eigenvalue weighted by Crippen LogP contribution is 2.12. The first-order chi connectivity index (χ1) is 11.4. The largest absolute Gasteiger partial charge is 0.465 e. The van der Waals surface area contributed by atoms with Crippen molar-refractivity contribution in [2.45, 2.75) is 6.54 Å². The summed E-state index contributed by atoms with van der Waals surface area (Å²) < 4.78 is 5.51. The van der Waals surface area contributed by atoms with E-state index in [0.717, 1.165) is 22.9 Å². The Balaban J connectivity index is 2.14. The third-order valence-electron chi connectivity index (χ3n) is 3.06. The lowest BCUT2D eigenvalue weighted by Crippen LogP contribution is -2.27. The number of pyridine rings is 1. The molecular formula is C15H13N3O6. The molecule has 1 N–H and O–H groups in total. The van der Waals surface area contributed by atoms with Crippen molar-refractivity contribution in [1.82, 2.24) is 4.57 Å². The Morgan fingerprint density at radius 1 is 1.29 bits per heavy atom. The smallest absolute Gasteiger partial charge is 0.337 e. The number of nitro groups is 1. The van der Waals surface area contributed by atoms with Crippen LogP contribution < -0.4 is 10.9 Å². The molecule has 9 nitrogen and oxygen atoms in total. The minimum absolute atomic E-state index is 0.253. The summed E-state index contributed by atoms with van der Waals surface area (Å²) >= 11 is 0. The normalized spacial score (nSPS) is 10.0. The van der Waals surface area contributed by atoms with Crippen molar-refractivity contribution in [3.05, 3.63) is 68.6 Å². The topological polar surface area (TPSA) is 121 Å². The van der Waals surface area contributed by atoms with Crippen LogP contribution in [0.2, 0.25) is 0 Å². The summed E-state index contributed by atoms with van der Waals surface area (Å²) in [6, 6.07) is 8.13. The van der Waals surface area contributed by atoms with E-state index >= 15 is 0 Å². The fourth-order valence-corrected chi connectivity index (χ4v) is 1.95. The molecule has 124 valence electrons. The first-order valence-corrected chi connectivity index (χ1v) is 6.74. The molecule has 0 aliphatic rings. The van der Waals surface area contributed by atoms with Gasteiger partial charge in [-0.15, -0.1) is 0 Å². The van der Waals surface area contributed by atoms with Gasteiger partial charge in [-0.2, -0.15) is 0 Å². The van der Waals surface area contributed by atoms with Crippen LogP contribution in [-0.2, 0) is 16.1 Å². The molecule has 2 rings (SSSR count). The predicted molar refractivity (Wildman–Crippen MR) is 83.8 cm³/mol. The third-order valence-corrected chi connectivity index (χ3v) is 3.06. The molecular weight excluding hydrogens is 318 g/mol. The SMILES string of the molecule is COC(=O)c1cccc(NC(=O)Cn2cc([N+](=O)[O-])ccc2=O)c1. The second-order valence-electron chi connectivity index (χ2n) is 4.73. The van der Waals surface area contributed by atoms with Gasteiger partial charge in [0.15, 0.2) is 0 Å². The third kappa shape index (κ3) is 4.03. The second-order valence-corrected chi connectivity index (χ2v) is 4.73. The molecule has 0 bridgehead atoms. The van der Waals surface area contributed by atoms with Crippen LogP contribution in [0.3, 0.4) is 0 Å². The number of ether oxygens (including phenoxy) is 1. The number of rotatable bonds is 5. The Hall–Kier alpha value is -3.49. The van der Waals surface area contributed by atoms with Gasteiger partial charge in [-0.1, -0.05) is 6.07 Å². The molecule has 0 unspecified atom stereocenters. The van der Waals surface area contributed by atoms with E-state index in [1.807, 2.05) is 0 Å². The van der Waals surface area contributed by atoms with E-state index in [2.05, 4.69) is 10.1 Å². The van der Waals surface area contributed by atoms with Crippen LogP contribution in [0.4, 0.5) is 11.4 Å². The molecule has 0 saturated heterocycles. The number of benzene rings is 1. The van der Waals surface area contributed by atoms with Crippen LogP contribution in [0.5, 0.6) is 0 Å². The minimum atomic E-state index is -0.659. The lowest BCUT2D eigenvalue weighted by atomic mass is 10.2. The highest BCUT2D eigenvalue weighted by Gasteiger charge is 2.12. The van der Waals surface area contributed by atoms with E-state index in [-0.39, 0.29) is 11.3 Å². The van der Waals surface area contributed by atoms with E-state index in [1.165, 1.54) is 19.2 Å². The number of aromatic nitrogens is 1. The number of nitrogens with one attached hydrogen (secondary N) is 1. The van der Waals surface area contributed by atoms with Gasteiger partial charge in [0.1, 0.15) is 6.54 Å². The number of carbonyl (C=O) groups is 2. The van der Waals surface area contributed by atoms with Gasteiger partial charge in [-0.05, 0) is 18.2 Å². The quantitative estimate of drug-likeness (QED) is 0.499. The summed E-state index contributed by atoms with van der Waals surface area (Å²) in [6.45, 7) is -0.400. The standard InChI is InChI=1S/C15H13N3O6/c1-24-15(21)10-3-2-4-11(7-10)16-13(19)9-17-8-12(18(22)23)5-6-14(17)20/h2-8H,9H2,1H3,(H,16,19). The van der Waals surface area contributed by atoms with Gasteiger partial charge >= 0.3 is 5.97 Å². The van der Waals surface area contributed by atoms with Gasteiger partial charge in [0.25, 0.3) is 11.2 Å². The number of methoxy groups -OCH3 is 1. The lowest BCUT2D eigenvalue weighted by Gasteiger charge is -2.08. The number of carbonyl (C=O) groups excluding carboxylic acids is 2. The zero-order valence-corrected chi connectivity index (χ0v) is 12.6. The van der Waals surface area contributed by atoms with Crippen molar-refractivity contribution in [2.24, 2.45) is 0 Å². The molecule has 1 amide bonds. The molecule has 24 heavy (non-hydrogen) atoms. The number of amides is 1. The Bertz CT molecular complexity index is 858. The molecule has 0 radical (unpaired) electrons. The van der Waals surface area contributed by atoms with Gasteiger partial charge in [-0.3, -0.25) is 24.3 Å². The van der Waals surface area contributed by atoms with Crippen molar-refractivity contribution in [3.8, 4) is 0 Å². The van der Waals surface area contributed by atoms with Crippen LogP contribution in [0.25, 0.3) is 0 Å². The van der Waals surface area contributed by atoms with Crippen LogP contribution >= 0.6 is 0 Å².